The van der Waals surface area contributed by atoms with Crippen LogP contribution in [0.1, 0.15) is 0 Å². The highest BCUT2D eigenvalue weighted by Crippen LogP contribution is 2.39. The third-order valence-corrected chi connectivity index (χ3v) is 7.19. The zero-order valence-electron chi connectivity index (χ0n) is 15.5. The molecule has 5 heteroatoms. The van der Waals surface area contributed by atoms with E-state index in [1.165, 1.54) is 15.9 Å². The van der Waals surface area contributed by atoms with Crippen LogP contribution >= 0.6 is 7.92 Å². The summed E-state index contributed by atoms with van der Waals surface area (Å²) in [6.45, 7) is 0. The molecule has 3 aromatic carbocycles. The van der Waals surface area contributed by atoms with Gasteiger partial charge in [0.05, 0.1) is 12.4 Å². The Kier molecular flexibility index (Phi) is 4.77. The first-order chi connectivity index (χ1) is 14.4. The lowest BCUT2D eigenvalue weighted by Crippen LogP contribution is -2.23. The fourth-order valence-electron chi connectivity index (χ4n) is 3.40. The van der Waals surface area contributed by atoms with Crippen LogP contribution in [0.25, 0.3) is 22.9 Å². The zero-order chi connectivity index (χ0) is 19.5. The van der Waals surface area contributed by atoms with Gasteiger partial charge in [0, 0.05) is 11.1 Å². The minimum Gasteiger partial charge on any atom is -0.445 e. The second kappa shape index (κ2) is 7.86. The summed E-state index contributed by atoms with van der Waals surface area (Å²) in [5, 5.41) is 3.59. The molecule has 0 saturated carbocycles. The molecule has 0 atom stereocenters. The standard InChI is InChI=1S/C24H17N2O2P/c1-2-8-18(9-3-1)29(21-12-6-4-10-19(21)23-25-14-16-27-23)22-13-7-5-11-20(22)24-26-15-17-28-24/h1-17H. The molecule has 0 aliphatic carbocycles. The molecule has 0 spiro atoms. The number of hydrogen-bond acceptors (Lipinski definition) is 4. The maximum Gasteiger partial charge on any atom is 0.226 e. The van der Waals surface area contributed by atoms with E-state index >= 15 is 0 Å². The summed E-state index contributed by atoms with van der Waals surface area (Å²) < 4.78 is 11.3. The number of benzene rings is 3. The average Bonchev–Trinajstić information content (AvgIpc) is 3.50. The molecule has 4 nitrogen and oxygen atoms in total. The Labute approximate surface area is 169 Å². The summed E-state index contributed by atoms with van der Waals surface area (Å²) in [6.07, 6.45) is 6.57. The van der Waals surface area contributed by atoms with E-state index in [0.29, 0.717) is 11.8 Å². The third kappa shape index (κ3) is 3.39. The first-order valence-electron chi connectivity index (χ1n) is 9.25. The Morgan fingerprint density at radius 3 is 1.52 bits per heavy atom. The van der Waals surface area contributed by atoms with Gasteiger partial charge in [0.1, 0.15) is 12.5 Å². The Bertz CT molecular complexity index is 1130. The Balaban J connectivity index is 1.77. The van der Waals surface area contributed by atoms with Gasteiger partial charge in [0.25, 0.3) is 0 Å². The minimum absolute atomic E-state index is 0.623. The molecule has 0 saturated heterocycles. The van der Waals surface area contributed by atoms with Gasteiger partial charge in [0.15, 0.2) is 0 Å². The number of nitrogens with zero attached hydrogens (tertiary/aromatic N) is 2. The molecule has 5 aromatic rings. The Hall–Kier alpha value is -3.49. The Morgan fingerprint density at radius 1 is 0.552 bits per heavy atom. The van der Waals surface area contributed by atoms with E-state index in [9.17, 15) is 0 Å². The van der Waals surface area contributed by atoms with Crippen molar-refractivity contribution in [3.05, 3.63) is 104 Å². The van der Waals surface area contributed by atoms with Gasteiger partial charge in [-0.05, 0) is 36.0 Å². The van der Waals surface area contributed by atoms with Gasteiger partial charge < -0.3 is 8.83 Å². The van der Waals surface area contributed by atoms with Gasteiger partial charge in [-0.1, -0.05) is 66.7 Å². The quantitative estimate of drug-likeness (QED) is 0.402. The van der Waals surface area contributed by atoms with Crippen LogP contribution in [0.4, 0.5) is 0 Å². The molecule has 0 fully saturated rings. The van der Waals surface area contributed by atoms with Crippen LogP contribution in [0.15, 0.2) is 113 Å². The smallest absolute Gasteiger partial charge is 0.226 e. The number of hydrogen-bond donors (Lipinski definition) is 0. The van der Waals surface area contributed by atoms with E-state index in [1.54, 1.807) is 24.9 Å². The fourth-order valence-corrected chi connectivity index (χ4v) is 5.98. The van der Waals surface area contributed by atoms with Crippen LogP contribution in [0.2, 0.25) is 0 Å². The first-order valence-corrected chi connectivity index (χ1v) is 10.6. The molecule has 0 bridgehead atoms. The van der Waals surface area contributed by atoms with Gasteiger partial charge in [-0.2, -0.15) is 0 Å². The maximum absolute atomic E-state index is 5.65. The van der Waals surface area contributed by atoms with Crippen molar-refractivity contribution in [2.24, 2.45) is 0 Å². The molecule has 29 heavy (non-hydrogen) atoms. The second-order valence-electron chi connectivity index (χ2n) is 6.38. The van der Waals surface area contributed by atoms with Crippen molar-refractivity contribution in [2.75, 3.05) is 0 Å². The normalized spacial score (nSPS) is 11.1. The highest BCUT2D eigenvalue weighted by molar-refractivity contribution is 7.80. The summed E-state index contributed by atoms with van der Waals surface area (Å²) in [5.74, 6) is 1.25. The predicted octanol–water partition coefficient (Wildman–Crippen LogP) is 4.75. The van der Waals surface area contributed by atoms with Crippen molar-refractivity contribution >= 4 is 23.8 Å². The lowest BCUT2D eigenvalue weighted by molar-refractivity contribution is 0.575. The maximum atomic E-state index is 5.65. The summed E-state index contributed by atoms with van der Waals surface area (Å²) in [5.41, 5.74) is 1.99. The van der Waals surface area contributed by atoms with E-state index in [-0.39, 0.29) is 0 Å². The lowest BCUT2D eigenvalue weighted by atomic mass is 10.2. The number of aromatic nitrogens is 2. The predicted molar refractivity (Wildman–Crippen MR) is 116 cm³/mol. The van der Waals surface area contributed by atoms with Crippen LogP contribution in [0.3, 0.4) is 0 Å². The number of oxazole rings is 2. The topological polar surface area (TPSA) is 52.1 Å². The summed E-state index contributed by atoms with van der Waals surface area (Å²) in [7, 11) is -0.897. The van der Waals surface area contributed by atoms with E-state index in [0.717, 1.165) is 11.1 Å². The highest BCUT2D eigenvalue weighted by atomic mass is 31.1. The summed E-state index contributed by atoms with van der Waals surface area (Å²) in [4.78, 5) is 8.80. The molecular formula is C24H17N2O2P. The van der Waals surface area contributed by atoms with Crippen molar-refractivity contribution in [1.82, 2.24) is 9.97 Å². The van der Waals surface area contributed by atoms with Crippen LogP contribution in [-0.4, -0.2) is 9.97 Å². The van der Waals surface area contributed by atoms with Crippen LogP contribution in [0, 0.1) is 0 Å². The molecular weight excluding hydrogens is 379 g/mol. The molecule has 0 unspecified atom stereocenters. The van der Waals surface area contributed by atoms with Gasteiger partial charge in [-0.3, -0.25) is 0 Å². The molecule has 2 heterocycles. The summed E-state index contributed by atoms with van der Waals surface area (Å²) >= 11 is 0. The molecule has 0 radical (unpaired) electrons. The molecule has 2 aromatic heterocycles. The van der Waals surface area contributed by atoms with E-state index in [1.807, 2.05) is 18.2 Å². The van der Waals surface area contributed by atoms with Crippen molar-refractivity contribution < 1.29 is 8.83 Å². The van der Waals surface area contributed by atoms with Gasteiger partial charge in [0.2, 0.25) is 11.8 Å². The van der Waals surface area contributed by atoms with Gasteiger partial charge in [-0.25, -0.2) is 9.97 Å². The molecule has 140 valence electrons. The molecule has 0 amide bonds. The van der Waals surface area contributed by atoms with E-state index in [4.69, 9.17) is 8.83 Å². The summed E-state index contributed by atoms with van der Waals surface area (Å²) in [6, 6.07) is 27.1. The SMILES string of the molecule is c1ccc(P(c2ccccc2-c2ncco2)c2ccccc2-c2ncco2)cc1. The van der Waals surface area contributed by atoms with Crippen LogP contribution in [-0.2, 0) is 0 Å². The van der Waals surface area contributed by atoms with Crippen molar-refractivity contribution in [1.29, 1.82) is 0 Å². The van der Waals surface area contributed by atoms with Crippen molar-refractivity contribution in [2.45, 2.75) is 0 Å². The van der Waals surface area contributed by atoms with Crippen molar-refractivity contribution in [3.63, 3.8) is 0 Å². The van der Waals surface area contributed by atoms with Crippen LogP contribution in [0.5, 0.6) is 0 Å². The molecule has 5 rings (SSSR count). The zero-order valence-corrected chi connectivity index (χ0v) is 16.4. The highest BCUT2D eigenvalue weighted by Gasteiger charge is 2.25. The second-order valence-corrected chi connectivity index (χ2v) is 8.53. The van der Waals surface area contributed by atoms with Crippen molar-refractivity contribution in [3.8, 4) is 22.9 Å². The van der Waals surface area contributed by atoms with E-state index in [2.05, 4.69) is 70.6 Å². The monoisotopic (exact) mass is 396 g/mol. The Morgan fingerprint density at radius 2 is 1.03 bits per heavy atom. The number of rotatable bonds is 5. The third-order valence-electron chi connectivity index (χ3n) is 4.63. The lowest BCUT2D eigenvalue weighted by Gasteiger charge is -2.23. The molecule has 0 aliphatic heterocycles. The minimum atomic E-state index is -0.897. The molecule has 0 aliphatic rings. The van der Waals surface area contributed by atoms with E-state index < -0.39 is 7.92 Å². The van der Waals surface area contributed by atoms with Gasteiger partial charge >= 0.3 is 0 Å². The van der Waals surface area contributed by atoms with Crippen LogP contribution < -0.4 is 15.9 Å². The first kappa shape index (κ1) is 17.6. The van der Waals surface area contributed by atoms with Gasteiger partial charge in [-0.15, -0.1) is 0 Å². The largest absolute Gasteiger partial charge is 0.445 e. The average molecular weight is 396 g/mol. The fraction of sp³-hybridized carbons (Fsp3) is 0. The molecule has 0 N–H and O–H groups in total.